The van der Waals surface area contributed by atoms with E-state index in [4.69, 9.17) is 0 Å². The van der Waals surface area contributed by atoms with E-state index in [2.05, 4.69) is 10.6 Å². The summed E-state index contributed by atoms with van der Waals surface area (Å²) in [6.07, 6.45) is 3.13. The first-order valence-corrected chi connectivity index (χ1v) is 7.24. The first-order chi connectivity index (χ1) is 9.50. The number of Topliss-reactive ketones (excluding diaryl/α,β-unsaturated/α-hetero) is 1. The summed E-state index contributed by atoms with van der Waals surface area (Å²) in [5.41, 5.74) is 1.89. The highest BCUT2D eigenvalue weighted by Gasteiger charge is 2.38. The van der Waals surface area contributed by atoms with Gasteiger partial charge in [-0.1, -0.05) is 6.42 Å². The number of hydrogen-bond donors (Lipinski definition) is 2. The van der Waals surface area contributed by atoms with Crippen molar-refractivity contribution in [3.63, 3.8) is 0 Å². The fourth-order valence-corrected chi connectivity index (χ4v) is 3.00. The Bertz CT molecular complexity index is 572. The van der Waals surface area contributed by atoms with Gasteiger partial charge in [0.15, 0.2) is 5.78 Å². The Balaban J connectivity index is 1.91. The van der Waals surface area contributed by atoms with E-state index in [1.165, 1.54) is 0 Å². The molecule has 2 aliphatic rings. The molecule has 0 bridgehead atoms. The zero-order chi connectivity index (χ0) is 14.3. The number of hydrogen-bond acceptors (Lipinski definition) is 3. The minimum atomic E-state index is -0.564. The van der Waals surface area contributed by atoms with Crippen molar-refractivity contribution in [2.24, 2.45) is 0 Å². The Morgan fingerprint density at radius 2 is 2.10 bits per heavy atom. The molecule has 2 N–H and O–H groups in total. The molecule has 20 heavy (non-hydrogen) atoms. The minimum Gasteiger partial charge on any atom is -0.325 e. The van der Waals surface area contributed by atoms with E-state index < -0.39 is 5.41 Å². The Morgan fingerprint density at radius 1 is 1.30 bits per heavy atom. The molecule has 0 spiro atoms. The molecule has 4 nitrogen and oxygen atoms in total. The summed E-state index contributed by atoms with van der Waals surface area (Å²) in [6.45, 7) is 4.69. The van der Waals surface area contributed by atoms with Crippen molar-refractivity contribution >= 4 is 17.4 Å². The molecule has 1 atom stereocenters. The molecular weight excluding hydrogens is 252 g/mol. The molecule has 2 heterocycles. The van der Waals surface area contributed by atoms with Gasteiger partial charge in [0.25, 0.3) is 0 Å². The molecule has 1 unspecified atom stereocenters. The van der Waals surface area contributed by atoms with Crippen molar-refractivity contribution in [3.05, 3.63) is 29.3 Å². The van der Waals surface area contributed by atoms with Crippen LogP contribution in [-0.2, 0) is 10.2 Å². The predicted molar refractivity (Wildman–Crippen MR) is 78.1 cm³/mol. The third-order valence-corrected chi connectivity index (χ3v) is 4.42. The van der Waals surface area contributed by atoms with Crippen molar-refractivity contribution in [2.75, 3.05) is 11.9 Å². The maximum atomic E-state index is 12.5. The second-order valence-electron chi connectivity index (χ2n) is 6.21. The Hall–Kier alpha value is -1.68. The van der Waals surface area contributed by atoms with Crippen LogP contribution < -0.4 is 10.6 Å². The molecule has 1 saturated heterocycles. The molecule has 0 radical (unpaired) electrons. The number of anilines is 1. The number of benzene rings is 1. The van der Waals surface area contributed by atoms with Crippen LogP contribution in [0.15, 0.2) is 18.2 Å². The van der Waals surface area contributed by atoms with Crippen molar-refractivity contribution in [1.29, 1.82) is 0 Å². The summed E-state index contributed by atoms with van der Waals surface area (Å²) in [4.78, 5) is 24.5. The van der Waals surface area contributed by atoms with Gasteiger partial charge in [-0.25, -0.2) is 0 Å². The van der Waals surface area contributed by atoms with Gasteiger partial charge in [0.05, 0.1) is 11.5 Å². The maximum absolute atomic E-state index is 12.5. The normalized spacial score (nSPS) is 24.1. The number of amides is 1. The smallest absolute Gasteiger partial charge is 0.234 e. The van der Waals surface area contributed by atoms with Gasteiger partial charge in [0, 0.05) is 11.3 Å². The second-order valence-corrected chi connectivity index (χ2v) is 6.21. The van der Waals surface area contributed by atoms with Gasteiger partial charge < -0.3 is 10.6 Å². The fraction of sp³-hybridized carbons (Fsp3) is 0.500. The highest BCUT2D eigenvalue weighted by atomic mass is 16.2. The molecule has 0 saturated carbocycles. The molecule has 4 heteroatoms. The summed E-state index contributed by atoms with van der Waals surface area (Å²) >= 11 is 0. The van der Waals surface area contributed by atoms with E-state index in [-0.39, 0.29) is 17.7 Å². The fourth-order valence-electron chi connectivity index (χ4n) is 3.00. The Morgan fingerprint density at radius 3 is 2.80 bits per heavy atom. The van der Waals surface area contributed by atoms with Crippen LogP contribution in [0.25, 0.3) is 0 Å². The van der Waals surface area contributed by atoms with E-state index in [1.54, 1.807) is 0 Å². The van der Waals surface area contributed by atoms with Crippen molar-refractivity contribution in [2.45, 2.75) is 44.6 Å². The summed E-state index contributed by atoms with van der Waals surface area (Å²) in [5, 5.41) is 6.15. The van der Waals surface area contributed by atoms with Crippen molar-refractivity contribution in [1.82, 2.24) is 5.32 Å². The van der Waals surface area contributed by atoms with Crippen LogP contribution in [0.3, 0.4) is 0 Å². The molecule has 3 rings (SSSR count). The van der Waals surface area contributed by atoms with Gasteiger partial charge in [0.1, 0.15) is 0 Å². The molecule has 1 amide bonds. The van der Waals surface area contributed by atoms with Crippen LogP contribution in [0.5, 0.6) is 0 Å². The van der Waals surface area contributed by atoms with Crippen molar-refractivity contribution < 1.29 is 9.59 Å². The van der Waals surface area contributed by atoms with Crippen LogP contribution in [0.1, 0.15) is 49.0 Å². The molecule has 1 fully saturated rings. The van der Waals surface area contributed by atoms with Crippen LogP contribution in [-0.4, -0.2) is 24.3 Å². The lowest BCUT2D eigenvalue weighted by Gasteiger charge is -2.23. The van der Waals surface area contributed by atoms with E-state index in [0.717, 1.165) is 37.1 Å². The number of piperidine rings is 1. The van der Waals surface area contributed by atoms with Gasteiger partial charge in [-0.2, -0.15) is 0 Å². The number of nitrogens with one attached hydrogen (secondary N) is 2. The van der Waals surface area contributed by atoms with E-state index in [1.807, 2.05) is 32.0 Å². The summed E-state index contributed by atoms with van der Waals surface area (Å²) in [5.74, 6) is 0.135. The Kier molecular flexibility index (Phi) is 3.13. The summed E-state index contributed by atoms with van der Waals surface area (Å²) in [7, 11) is 0. The van der Waals surface area contributed by atoms with Crippen LogP contribution in [0, 0.1) is 0 Å². The number of carbonyl (C=O) groups is 2. The lowest BCUT2D eigenvalue weighted by molar-refractivity contribution is -0.119. The SMILES string of the molecule is CC1(C)C(=O)Nc2ccc(C(=O)C3CCCCN3)cc21. The average molecular weight is 272 g/mol. The van der Waals surface area contributed by atoms with Crippen LogP contribution in [0.2, 0.25) is 0 Å². The third-order valence-electron chi connectivity index (χ3n) is 4.42. The minimum absolute atomic E-state index is 0.00658. The standard InChI is InChI=1S/C16H20N2O2/c1-16(2)11-9-10(6-7-12(11)18-15(16)20)14(19)13-5-3-4-8-17-13/h6-7,9,13,17H,3-5,8H2,1-2H3,(H,18,20). The van der Waals surface area contributed by atoms with Gasteiger partial charge in [0.2, 0.25) is 5.91 Å². The molecule has 0 aromatic heterocycles. The quantitative estimate of drug-likeness (QED) is 0.812. The molecule has 0 aliphatic carbocycles. The Labute approximate surface area is 118 Å². The van der Waals surface area contributed by atoms with E-state index in [0.29, 0.717) is 5.56 Å². The predicted octanol–water partition coefficient (Wildman–Crippen LogP) is 2.24. The van der Waals surface area contributed by atoms with Gasteiger partial charge in [-0.15, -0.1) is 0 Å². The lowest BCUT2D eigenvalue weighted by Crippen LogP contribution is -2.40. The molecular formula is C16H20N2O2. The highest BCUT2D eigenvalue weighted by Crippen LogP contribution is 2.37. The van der Waals surface area contributed by atoms with Crippen LogP contribution >= 0.6 is 0 Å². The number of carbonyl (C=O) groups excluding carboxylic acids is 2. The first-order valence-electron chi connectivity index (χ1n) is 7.24. The van der Waals surface area contributed by atoms with Crippen LogP contribution in [0.4, 0.5) is 5.69 Å². The van der Waals surface area contributed by atoms with Gasteiger partial charge in [-0.05, 0) is 57.0 Å². The maximum Gasteiger partial charge on any atom is 0.234 e. The third kappa shape index (κ3) is 2.04. The van der Waals surface area contributed by atoms with E-state index >= 15 is 0 Å². The second kappa shape index (κ2) is 4.70. The summed E-state index contributed by atoms with van der Waals surface area (Å²) in [6, 6.07) is 5.47. The first kappa shape index (κ1) is 13.3. The number of rotatable bonds is 2. The summed E-state index contributed by atoms with van der Waals surface area (Å²) < 4.78 is 0. The van der Waals surface area contributed by atoms with E-state index in [9.17, 15) is 9.59 Å². The lowest BCUT2D eigenvalue weighted by atomic mass is 9.84. The average Bonchev–Trinajstić information content (AvgIpc) is 2.69. The topological polar surface area (TPSA) is 58.2 Å². The zero-order valence-electron chi connectivity index (χ0n) is 12.0. The largest absolute Gasteiger partial charge is 0.325 e. The van der Waals surface area contributed by atoms with Gasteiger partial charge >= 0.3 is 0 Å². The van der Waals surface area contributed by atoms with Crippen molar-refractivity contribution in [3.8, 4) is 0 Å². The number of ketones is 1. The monoisotopic (exact) mass is 272 g/mol. The number of fused-ring (bicyclic) bond motifs is 1. The van der Waals surface area contributed by atoms with Gasteiger partial charge in [-0.3, -0.25) is 9.59 Å². The highest BCUT2D eigenvalue weighted by molar-refractivity contribution is 6.07. The molecule has 106 valence electrons. The molecule has 1 aromatic carbocycles. The zero-order valence-corrected chi connectivity index (χ0v) is 12.0. The molecule has 1 aromatic rings. The molecule has 2 aliphatic heterocycles.